The summed E-state index contributed by atoms with van der Waals surface area (Å²) in [6, 6.07) is 11.2. The number of hydrogen-bond acceptors (Lipinski definition) is 4. The summed E-state index contributed by atoms with van der Waals surface area (Å²) in [4.78, 5) is 24.1. The summed E-state index contributed by atoms with van der Waals surface area (Å²) in [6.45, 7) is 7.69. The Kier molecular flexibility index (Phi) is 12.1. The molecular weight excluding hydrogens is 453 g/mol. The van der Waals surface area contributed by atoms with E-state index in [1.165, 1.54) is 6.92 Å². The van der Waals surface area contributed by atoms with Gasteiger partial charge in [-0.2, -0.15) is 0 Å². The minimum Gasteiger partial charge on any atom is -0.479 e. The summed E-state index contributed by atoms with van der Waals surface area (Å²) in [6.07, 6.45) is 0.896. The first kappa shape index (κ1) is 27.8. The van der Waals surface area contributed by atoms with Crippen LogP contribution in [0.5, 0.6) is 5.75 Å². The molecule has 8 heteroatoms. The normalized spacial score (nSPS) is 11.2. The predicted molar refractivity (Wildman–Crippen MR) is 129 cm³/mol. The molecule has 0 heterocycles. The van der Waals surface area contributed by atoms with Crippen molar-refractivity contribution in [2.75, 3.05) is 24.6 Å². The number of carboxylic acid groups (broad SMARTS) is 1. The average Bonchev–Trinajstić information content (AvgIpc) is 2.78. The van der Waals surface area contributed by atoms with E-state index in [1.54, 1.807) is 30.2 Å². The third-order valence-electron chi connectivity index (χ3n) is 4.70. The van der Waals surface area contributed by atoms with Gasteiger partial charge < -0.3 is 14.6 Å². The Morgan fingerprint density at radius 1 is 1.12 bits per heavy atom. The zero-order chi connectivity index (χ0) is 24.3. The van der Waals surface area contributed by atoms with Crippen molar-refractivity contribution in [1.29, 1.82) is 0 Å². The molecule has 0 spiro atoms. The van der Waals surface area contributed by atoms with Gasteiger partial charge in [0.05, 0.1) is 5.69 Å². The maximum atomic E-state index is 12.0. The minimum absolute atomic E-state index is 0.0371. The molecular formula is C24H31Cl2NO5. The predicted octanol–water partition coefficient (Wildman–Crippen LogP) is 5.49. The summed E-state index contributed by atoms with van der Waals surface area (Å²) in [7, 11) is 1.58. The molecule has 2 aromatic carbocycles. The zero-order valence-electron chi connectivity index (χ0n) is 19.2. The van der Waals surface area contributed by atoms with Gasteiger partial charge in [-0.1, -0.05) is 43.6 Å². The number of ether oxygens (including phenoxy) is 2. The molecule has 1 amide bonds. The highest BCUT2D eigenvalue weighted by molar-refractivity contribution is 6.30. The quantitative estimate of drug-likeness (QED) is 0.377. The SMILES string of the molecule is CCc1cccc(CC)c1N(COC)C(=O)CCl.Cc1cc(Cl)ccc1OC(C)C(=O)O. The number of para-hydroxylation sites is 1. The Morgan fingerprint density at radius 3 is 2.16 bits per heavy atom. The van der Waals surface area contributed by atoms with Gasteiger partial charge in [-0.25, -0.2) is 4.79 Å². The summed E-state index contributed by atoms with van der Waals surface area (Å²) in [5, 5.41) is 9.25. The van der Waals surface area contributed by atoms with Gasteiger partial charge in [-0.3, -0.25) is 9.69 Å². The Bertz CT molecular complexity index is 882. The number of carbonyl (C=O) groups excluding carboxylic acids is 1. The van der Waals surface area contributed by atoms with Crippen LogP contribution in [-0.2, 0) is 27.2 Å². The zero-order valence-corrected chi connectivity index (χ0v) is 20.7. The van der Waals surface area contributed by atoms with E-state index >= 15 is 0 Å². The summed E-state index contributed by atoms with van der Waals surface area (Å²) >= 11 is 11.4. The Labute approximate surface area is 200 Å². The molecule has 1 atom stereocenters. The van der Waals surface area contributed by atoms with Crippen LogP contribution in [0.4, 0.5) is 5.69 Å². The number of aliphatic carboxylic acids is 1. The molecule has 1 N–H and O–H groups in total. The topological polar surface area (TPSA) is 76.1 Å². The van der Waals surface area contributed by atoms with Gasteiger partial charge in [0.25, 0.3) is 0 Å². The maximum Gasteiger partial charge on any atom is 0.344 e. The number of aryl methyl sites for hydroxylation is 3. The van der Waals surface area contributed by atoms with Crippen LogP contribution in [0.1, 0.15) is 37.5 Å². The number of hydrogen-bond donors (Lipinski definition) is 1. The van der Waals surface area contributed by atoms with Crippen molar-refractivity contribution in [2.24, 2.45) is 0 Å². The third kappa shape index (κ3) is 8.01. The van der Waals surface area contributed by atoms with Crippen LogP contribution < -0.4 is 9.64 Å². The van der Waals surface area contributed by atoms with Crippen molar-refractivity contribution >= 4 is 40.8 Å². The van der Waals surface area contributed by atoms with E-state index in [0.29, 0.717) is 10.8 Å². The molecule has 32 heavy (non-hydrogen) atoms. The van der Waals surface area contributed by atoms with E-state index in [9.17, 15) is 9.59 Å². The largest absolute Gasteiger partial charge is 0.479 e. The first-order valence-electron chi connectivity index (χ1n) is 10.3. The number of amides is 1. The molecule has 0 fully saturated rings. The smallest absolute Gasteiger partial charge is 0.344 e. The molecule has 0 radical (unpaired) electrons. The first-order valence-corrected chi connectivity index (χ1v) is 11.2. The molecule has 0 aromatic heterocycles. The molecule has 0 aliphatic carbocycles. The molecule has 0 saturated carbocycles. The van der Waals surface area contributed by atoms with Crippen LogP contribution in [0.2, 0.25) is 5.02 Å². The van der Waals surface area contributed by atoms with Gasteiger partial charge >= 0.3 is 5.97 Å². The second-order valence-electron chi connectivity index (χ2n) is 7.01. The fraction of sp³-hybridized carbons (Fsp3) is 0.417. The lowest BCUT2D eigenvalue weighted by Gasteiger charge is -2.26. The number of carboxylic acids is 1. The number of carbonyl (C=O) groups is 2. The second kappa shape index (κ2) is 14.0. The van der Waals surface area contributed by atoms with Crippen molar-refractivity contribution in [1.82, 2.24) is 0 Å². The van der Waals surface area contributed by atoms with Crippen molar-refractivity contribution in [2.45, 2.75) is 46.6 Å². The van der Waals surface area contributed by atoms with Crippen molar-refractivity contribution < 1.29 is 24.2 Å². The Hall–Kier alpha value is -2.28. The van der Waals surface area contributed by atoms with Crippen LogP contribution in [0, 0.1) is 6.92 Å². The molecule has 0 saturated heterocycles. The van der Waals surface area contributed by atoms with E-state index in [4.69, 9.17) is 37.8 Å². The molecule has 2 rings (SSSR count). The van der Waals surface area contributed by atoms with Crippen LogP contribution in [-0.4, -0.2) is 42.8 Å². The summed E-state index contributed by atoms with van der Waals surface area (Å²) in [5.74, 6) is -0.609. The molecule has 176 valence electrons. The molecule has 1 unspecified atom stereocenters. The molecule has 6 nitrogen and oxygen atoms in total. The number of methoxy groups -OCH3 is 1. The lowest BCUT2D eigenvalue weighted by atomic mass is 10.0. The Balaban J connectivity index is 0.000000330. The highest BCUT2D eigenvalue weighted by Crippen LogP contribution is 2.27. The van der Waals surface area contributed by atoms with Crippen molar-refractivity contribution in [3.8, 4) is 5.75 Å². The Morgan fingerprint density at radius 2 is 1.72 bits per heavy atom. The number of halogens is 2. The second-order valence-corrected chi connectivity index (χ2v) is 7.72. The lowest BCUT2D eigenvalue weighted by molar-refractivity contribution is -0.144. The fourth-order valence-electron chi connectivity index (χ4n) is 3.01. The van der Waals surface area contributed by atoms with E-state index < -0.39 is 12.1 Å². The lowest BCUT2D eigenvalue weighted by Crippen LogP contribution is -2.35. The van der Waals surface area contributed by atoms with E-state index in [1.807, 2.05) is 25.1 Å². The molecule has 0 bridgehead atoms. The van der Waals surface area contributed by atoms with Gasteiger partial charge in [0.15, 0.2) is 6.10 Å². The number of anilines is 1. The standard InChI is InChI=1S/C14H20ClNO2.C10H11ClO3/c1-4-11-7-6-8-12(5-2)14(11)16(10-18-3)13(17)9-15;1-6-5-8(11)3-4-9(6)14-7(2)10(12)13/h6-8H,4-5,9-10H2,1-3H3;3-5,7H,1-2H3,(H,12,13). The number of rotatable bonds is 9. The van der Waals surface area contributed by atoms with Gasteiger partial charge in [0.1, 0.15) is 18.4 Å². The highest BCUT2D eigenvalue weighted by atomic mass is 35.5. The van der Waals surface area contributed by atoms with Crippen LogP contribution in [0.25, 0.3) is 0 Å². The average molecular weight is 484 g/mol. The molecule has 2 aromatic rings. The van der Waals surface area contributed by atoms with Crippen LogP contribution >= 0.6 is 23.2 Å². The third-order valence-corrected chi connectivity index (χ3v) is 5.16. The summed E-state index contributed by atoms with van der Waals surface area (Å²) in [5.41, 5.74) is 4.07. The fourth-order valence-corrected chi connectivity index (χ4v) is 3.38. The molecule has 0 aliphatic heterocycles. The van der Waals surface area contributed by atoms with Gasteiger partial charge in [0, 0.05) is 12.1 Å². The molecule has 0 aliphatic rings. The van der Waals surface area contributed by atoms with Gasteiger partial charge in [-0.05, 0) is 61.6 Å². The van der Waals surface area contributed by atoms with Gasteiger partial charge in [0.2, 0.25) is 5.91 Å². The van der Waals surface area contributed by atoms with Gasteiger partial charge in [-0.15, -0.1) is 11.6 Å². The maximum absolute atomic E-state index is 12.0. The number of nitrogens with zero attached hydrogens (tertiary/aromatic N) is 1. The van der Waals surface area contributed by atoms with Crippen molar-refractivity contribution in [3.63, 3.8) is 0 Å². The van der Waals surface area contributed by atoms with Crippen LogP contribution in [0.15, 0.2) is 36.4 Å². The van der Waals surface area contributed by atoms with E-state index in [2.05, 4.69) is 13.8 Å². The first-order chi connectivity index (χ1) is 15.2. The monoisotopic (exact) mass is 483 g/mol. The highest BCUT2D eigenvalue weighted by Gasteiger charge is 2.20. The van der Waals surface area contributed by atoms with Crippen LogP contribution in [0.3, 0.4) is 0 Å². The summed E-state index contributed by atoms with van der Waals surface area (Å²) < 4.78 is 10.3. The number of benzene rings is 2. The minimum atomic E-state index is -0.987. The van der Waals surface area contributed by atoms with E-state index in [-0.39, 0.29) is 18.5 Å². The number of alkyl halides is 1. The van der Waals surface area contributed by atoms with Crippen molar-refractivity contribution in [3.05, 3.63) is 58.1 Å². The van der Waals surface area contributed by atoms with E-state index in [0.717, 1.165) is 35.2 Å².